The zero-order chi connectivity index (χ0) is 16.7. The number of rotatable bonds is 9. The third-order valence-electron chi connectivity index (χ3n) is 3.46. The normalized spacial score (nSPS) is 10.9. The minimum atomic E-state index is 0.142. The Hall–Kier alpha value is -1.33. The fourth-order valence-corrected chi connectivity index (χ4v) is 3.16. The molecule has 23 heavy (non-hydrogen) atoms. The summed E-state index contributed by atoms with van der Waals surface area (Å²) in [4.78, 5) is 11.2. The number of carbonyl (C=O) groups is 1. The zero-order valence-corrected chi connectivity index (χ0v) is 15.2. The summed E-state index contributed by atoms with van der Waals surface area (Å²) in [5, 5.41) is 10.1. The van der Waals surface area contributed by atoms with E-state index in [1.54, 1.807) is 6.92 Å². The van der Waals surface area contributed by atoms with E-state index in [0.717, 1.165) is 29.5 Å². The summed E-state index contributed by atoms with van der Waals surface area (Å²) in [6.45, 7) is 4.66. The van der Waals surface area contributed by atoms with Crippen molar-refractivity contribution in [3.8, 4) is 11.4 Å². The molecule has 0 N–H and O–H groups in total. The van der Waals surface area contributed by atoms with Crippen LogP contribution in [0.25, 0.3) is 11.4 Å². The Balaban J connectivity index is 2.21. The van der Waals surface area contributed by atoms with Crippen molar-refractivity contribution in [2.45, 2.75) is 51.2 Å². The molecule has 0 aliphatic heterocycles. The molecule has 0 radical (unpaired) electrons. The molecule has 124 valence electrons. The molecular formula is C17H22ClN3OS. The summed E-state index contributed by atoms with van der Waals surface area (Å²) in [5.41, 5.74) is 0.993. The van der Waals surface area contributed by atoms with Crippen LogP contribution in [-0.2, 0) is 11.3 Å². The number of Topliss-reactive ketones (excluding diaryl/α,β-unsaturated/α-hetero) is 1. The van der Waals surface area contributed by atoms with Gasteiger partial charge in [0.05, 0.1) is 5.75 Å². The van der Waals surface area contributed by atoms with Crippen LogP contribution in [0.4, 0.5) is 0 Å². The topological polar surface area (TPSA) is 47.8 Å². The Kier molecular flexibility index (Phi) is 7.12. The second kappa shape index (κ2) is 9.08. The highest BCUT2D eigenvalue weighted by molar-refractivity contribution is 7.99. The van der Waals surface area contributed by atoms with E-state index < -0.39 is 0 Å². The molecule has 0 atom stereocenters. The average molecular weight is 352 g/mol. The number of unbranched alkanes of at least 4 members (excludes halogenated alkanes) is 3. The van der Waals surface area contributed by atoms with E-state index in [1.807, 2.05) is 24.3 Å². The van der Waals surface area contributed by atoms with Gasteiger partial charge >= 0.3 is 0 Å². The van der Waals surface area contributed by atoms with Crippen molar-refractivity contribution in [1.29, 1.82) is 0 Å². The van der Waals surface area contributed by atoms with Gasteiger partial charge in [-0.15, -0.1) is 10.2 Å². The monoisotopic (exact) mass is 351 g/mol. The van der Waals surface area contributed by atoms with Crippen LogP contribution in [0.15, 0.2) is 29.4 Å². The van der Waals surface area contributed by atoms with Crippen molar-refractivity contribution in [2.24, 2.45) is 0 Å². The number of nitrogens with zero attached hydrogens (tertiary/aromatic N) is 3. The summed E-state index contributed by atoms with van der Waals surface area (Å²) in [6, 6.07) is 7.62. The molecule has 4 nitrogen and oxygen atoms in total. The van der Waals surface area contributed by atoms with Crippen molar-refractivity contribution < 1.29 is 4.79 Å². The molecule has 0 spiro atoms. The van der Waals surface area contributed by atoms with Crippen LogP contribution in [0.2, 0.25) is 5.02 Å². The van der Waals surface area contributed by atoms with Gasteiger partial charge in [-0.3, -0.25) is 4.79 Å². The summed E-state index contributed by atoms with van der Waals surface area (Å²) >= 11 is 7.41. The van der Waals surface area contributed by atoms with Crippen molar-refractivity contribution in [1.82, 2.24) is 14.8 Å². The molecule has 2 rings (SSSR count). The minimum absolute atomic E-state index is 0.142. The SMILES string of the molecule is CCCCCCn1c(SCC(C)=O)nnc1-c1ccc(Cl)cc1. The molecule has 0 saturated carbocycles. The van der Waals surface area contributed by atoms with E-state index in [9.17, 15) is 4.79 Å². The molecule has 0 aliphatic rings. The number of halogens is 1. The first-order chi connectivity index (χ1) is 11.1. The predicted molar refractivity (Wildman–Crippen MR) is 96.0 cm³/mol. The van der Waals surface area contributed by atoms with Crippen molar-refractivity contribution in [2.75, 3.05) is 5.75 Å². The van der Waals surface area contributed by atoms with Crippen LogP contribution in [0.5, 0.6) is 0 Å². The lowest BCUT2D eigenvalue weighted by atomic mass is 10.2. The van der Waals surface area contributed by atoms with E-state index in [0.29, 0.717) is 10.8 Å². The molecule has 1 aromatic carbocycles. The maximum absolute atomic E-state index is 11.2. The number of thioether (sulfide) groups is 1. The van der Waals surface area contributed by atoms with Crippen LogP contribution in [0.3, 0.4) is 0 Å². The Labute approximate surface area is 146 Å². The smallest absolute Gasteiger partial charge is 0.191 e. The zero-order valence-electron chi connectivity index (χ0n) is 13.6. The average Bonchev–Trinajstić information content (AvgIpc) is 2.93. The molecular weight excluding hydrogens is 330 g/mol. The summed E-state index contributed by atoms with van der Waals surface area (Å²) < 4.78 is 2.12. The molecule has 0 amide bonds. The van der Waals surface area contributed by atoms with Gasteiger partial charge in [-0.2, -0.15) is 0 Å². The highest BCUT2D eigenvalue weighted by Crippen LogP contribution is 2.25. The number of ketones is 1. The summed E-state index contributed by atoms with van der Waals surface area (Å²) in [6.07, 6.45) is 4.71. The standard InChI is InChI=1S/C17H22ClN3OS/c1-3-4-5-6-11-21-16(14-7-9-15(18)10-8-14)19-20-17(21)23-12-13(2)22/h7-10H,3-6,11-12H2,1-2H3. The Bertz CT molecular complexity index is 640. The van der Waals surface area contributed by atoms with Gasteiger partial charge < -0.3 is 4.57 Å². The molecule has 6 heteroatoms. The van der Waals surface area contributed by atoms with Crippen LogP contribution in [0, 0.1) is 0 Å². The molecule has 0 aliphatic carbocycles. The molecule has 0 saturated heterocycles. The maximum Gasteiger partial charge on any atom is 0.191 e. The molecule has 0 fully saturated rings. The van der Waals surface area contributed by atoms with Gasteiger partial charge in [0.15, 0.2) is 11.0 Å². The first-order valence-corrected chi connectivity index (χ1v) is 9.29. The molecule has 1 heterocycles. The van der Waals surface area contributed by atoms with E-state index >= 15 is 0 Å². The second-order valence-corrected chi connectivity index (χ2v) is 6.89. The quantitative estimate of drug-likeness (QED) is 0.478. The highest BCUT2D eigenvalue weighted by Gasteiger charge is 2.14. The number of hydrogen-bond acceptors (Lipinski definition) is 4. The number of benzene rings is 1. The van der Waals surface area contributed by atoms with Crippen LogP contribution >= 0.6 is 23.4 Å². The van der Waals surface area contributed by atoms with Crippen molar-refractivity contribution in [3.63, 3.8) is 0 Å². The third kappa shape index (κ3) is 5.36. The first-order valence-electron chi connectivity index (χ1n) is 7.93. The van der Waals surface area contributed by atoms with Crippen LogP contribution in [-0.4, -0.2) is 26.3 Å². The number of aromatic nitrogens is 3. The van der Waals surface area contributed by atoms with E-state index in [2.05, 4.69) is 21.7 Å². The van der Waals surface area contributed by atoms with E-state index in [4.69, 9.17) is 11.6 Å². The Morgan fingerprint density at radius 2 is 1.91 bits per heavy atom. The summed E-state index contributed by atoms with van der Waals surface area (Å²) in [5.74, 6) is 1.40. The minimum Gasteiger partial charge on any atom is -0.302 e. The lowest BCUT2D eigenvalue weighted by molar-refractivity contribution is -0.114. The third-order valence-corrected chi connectivity index (χ3v) is 4.82. The van der Waals surface area contributed by atoms with Crippen molar-refractivity contribution >= 4 is 29.1 Å². The van der Waals surface area contributed by atoms with Gasteiger partial charge in [0.2, 0.25) is 0 Å². The summed E-state index contributed by atoms with van der Waals surface area (Å²) in [7, 11) is 0. The van der Waals surface area contributed by atoms with Gasteiger partial charge in [-0.25, -0.2) is 0 Å². The van der Waals surface area contributed by atoms with Gasteiger partial charge in [0.1, 0.15) is 5.78 Å². The predicted octanol–water partition coefficient (Wildman–Crippen LogP) is 4.86. The number of hydrogen-bond donors (Lipinski definition) is 0. The Morgan fingerprint density at radius 1 is 1.17 bits per heavy atom. The lowest BCUT2D eigenvalue weighted by Crippen LogP contribution is -2.04. The highest BCUT2D eigenvalue weighted by atomic mass is 35.5. The maximum atomic E-state index is 11.2. The van der Waals surface area contributed by atoms with E-state index in [1.165, 1.54) is 31.0 Å². The fourth-order valence-electron chi connectivity index (χ4n) is 2.27. The van der Waals surface area contributed by atoms with Gasteiger partial charge in [0, 0.05) is 17.1 Å². The molecule has 2 aromatic rings. The van der Waals surface area contributed by atoms with Crippen LogP contribution in [0.1, 0.15) is 39.5 Å². The first kappa shape index (κ1) is 18.0. The number of carbonyl (C=O) groups excluding carboxylic acids is 1. The van der Waals surface area contributed by atoms with Gasteiger partial charge in [0.25, 0.3) is 0 Å². The second-order valence-electron chi connectivity index (χ2n) is 5.52. The fraction of sp³-hybridized carbons (Fsp3) is 0.471. The Morgan fingerprint density at radius 3 is 2.57 bits per heavy atom. The van der Waals surface area contributed by atoms with Gasteiger partial charge in [-0.05, 0) is 37.6 Å². The molecule has 1 aromatic heterocycles. The van der Waals surface area contributed by atoms with Crippen LogP contribution < -0.4 is 0 Å². The van der Waals surface area contributed by atoms with E-state index in [-0.39, 0.29) is 5.78 Å². The van der Waals surface area contributed by atoms with Gasteiger partial charge in [-0.1, -0.05) is 49.5 Å². The molecule has 0 bridgehead atoms. The van der Waals surface area contributed by atoms with Crippen molar-refractivity contribution in [3.05, 3.63) is 29.3 Å². The molecule has 0 unspecified atom stereocenters. The largest absolute Gasteiger partial charge is 0.302 e. The lowest BCUT2D eigenvalue weighted by Gasteiger charge is -2.10.